The lowest BCUT2D eigenvalue weighted by Crippen LogP contribution is -2.48. The number of benzene rings is 1. The number of amides is 1. The molecule has 0 saturated carbocycles. The molecule has 2 aliphatic rings. The van der Waals surface area contributed by atoms with Crippen molar-refractivity contribution < 1.29 is 4.79 Å². The van der Waals surface area contributed by atoms with E-state index in [2.05, 4.69) is 27.8 Å². The van der Waals surface area contributed by atoms with Gasteiger partial charge in [0.2, 0.25) is 0 Å². The van der Waals surface area contributed by atoms with Gasteiger partial charge in [-0.2, -0.15) is 0 Å². The van der Waals surface area contributed by atoms with Gasteiger partial charge < -0.3 is 15.5 Å². The van der Waals surface area contributed by atoms with E-state index in [-0.39, 0.29) is 11.9 Å². The van der Waals surface area contributed by atoms with E-state index in [1.807, 2.05) is 29.3 Å². The van der Waals surface area contributed by atoms with E-state index < -0.39 is 0 Å². The van der Waals surface area contributed by atoms with E-state index in [0.29, 0.717) is 0 Å². The van der Waals surface area contributed by atoms with Crippen molar-refractivity contribution in [2.45, 2.75) is 18.9 Å². The number of rotatable bonds is 2. The summed E-state index contributed by atoms with van der Waals surface area (Å²) in [5.74, 6) is 0.121. The molecule has 25 heavy (non-hydrogen) atoms. The molecule has 130 valence electrons. The molecule has 5 nitrogen and oxygen atoms in total. The van der Waals surface area contributed by atoms with E-state index in [1.54, 1.807) is 6.20 Å². The smallest absolute Gasteiger partial charge is 0.254 e. The van der Waals surface area contributed by atoms with Gasteiger partial charge in [0, 0.05) is 37.6 Å². The van der Waals surface area contributed by atoms with Crippen molar-refractivity contribution in [1.29, 1.82) is 0 Å². The van der Waals surface area contributed by atoms with Crippen LogP contribution >= 0.6 is 0 Å². The molecular formula is C20H24N4O. The molecule has 1 saturated heterocycles. The van der Waals surface area contributed by atoms with Crippen molar-refractivity contribution in [3.05, 3.63) is 65.0 Å². The number of nitrogens with one attached hydrogen (secondary N) is 2. The second-order valence-corrected chi connectivity index (χ2v) is 6.74. The minimum atomic E-state index is 0.0374. The van der Waals surface area contributed by atoms with Crippen LogP contribution in [0.1, 0.15) is 33.1 Å². The van der Waals surface area contributed by atoms with Crippen LogP contribution < -0.4 is 10.6 Å². The summed E-state index contributed by atoms with van der Waals surface area (Å²) in [6.07, 6.45) is 5.66. The summed E-state index contributed by atoms with van der Waals surface area (Å²) >= 11 is 0. The zero-order valence-corrected chi connectivity index (χ0v) is 14.4. The fourth-order valence-electron chi connectivity index (χ4n) is 3.79. The van der Waals surface area contributed by atoms with Gasteiger partial charge in [0.15, 0.2) is 0 Å². The van der Waals surface area contributed by atoms with Crippen LogP contribution in [0.4, 0.5) is 0 Å². The van der Waals surface area contributed by atoms with Gasteiger partial charge in [0.25, 0.3) is 5.91 Å². The Kier molecular flexibility index (Phi) is 4.76. The number of fused-ring (bicyclic) bond motifs is 1. The Morgan fingerprint density at radius 3 is 2.80 bits per heavy atom. The number of hydrogen-bond acceptors (Lipinski definition) is 4. The Bertz CT molecular complexity index is 747. The topological polar surface area (TPSA) is 57.3 Å². The van der Waals surface area contributed by atoms with Gasteiger partial charge in [-0.25, -0.2) is 0 Å². The third-order valence-corrected chi connectivity index (χ3v) is 5.17. The van der Waals surface area contributed by atoms with Gasteiger partial charge in [-0.3, -0.25) is 9.78 Å². The fourth-order valence-corrected chi connectivity index (χ4v) is 3.79. The molecule has 3 heterocycles. The van der Waals surface area contributed by atoms with E-state index in [0.717, 1.165) is 56.7 Å². The molecule has 5 heteroatoms. The first-order valence-corrected chi connectivity index (χ1v) is 9.07. The molecule has 0 radical (unpaired) electrons. The highest BCUT2D eigenvalue weighted by atomic mass is 16.2. The van der Waals surface area contributed by atoms with Crippen molar-refractivity contribution in [2.75, 3.05) is 32.7 Å². The number of aromatic nitrogens is 1. The summed E-state index contributed by atoms with van der Waals surface area (Å²) in [6.45, 7) is 4.32. The molecule has 1 atom stereocenters. The van der Waals surface area contributed by atoms with Crippen molar-refractivity contribution in [3.8, 4) is 0 Å². The summed E-state index contributed by atoms with van der Waals surface area (Å²) in [7, 11) is 0. The van der Waals surface area contributed by atoms with Crippen molar-refractivity contribution in [2.24, 2.45) is 0 Å². The molecule has 2 aliphatic heterocycles. The van der Waals surface area contributed by atoms with Gasteiger partial charge >= 0.3 is 0 Å². The second kappa shape index (κ2) is 7.33. The molecule has 1 amide bonds. The highest BCUT2D eigenvalue weighted by molar-refractivity contribution is 5.95. The zero-order chi connectivity index (χ0) is 17.1. The number of carbonyl (C=O) groups excluding carboxylic acids is 1. The third-order valence-electron chi connectivity index (χ3n) is 5.17. The SMILES string of the molecule is O=C(c1ccc2c(c1)CCNCC2)N1CCNC[C@@H]1c1cccnc1. The number of nitrogens with zero attached hydrogens (tertiary/aromatic N) is 2. The number of piperazine rings is 1. The quantitative estimate of drug-likeness (QED) is 0.874. The molecule has 4 rings (SSSR count). The first-order chi connectivity index (χ1) is 12.3. The maximum atomic E-state index is 13.2. The highest BCUT2D eigenvalue weighted by Gasteiger charge is 2.29. The van der Waals surface area contributed by atoms with E-state index in [4.69, 9.17) is 0 Å². The molecule has 0 spiro atoms. The second-order valence-electron chi connectivity index (χ2n) is 6.74. The first kappa shape index (κ1) is 16.2. The Hall–Kier alpha value is -2.24. The van der Waals surface area contributed by atoms with Crippen LogP contribution in [0.5, 0.6) is 0 Å². The predicted molar refractivity (Wildman–Crippen MR) is 97.6 cm³/mol. The number of carbonyl (C=O) groups is 1. The molecular weight excluding hydrogens is 312 g/mol. The van der Waals surface area contributed by atoms with Crippen LogP contribution in [-0.2, 0) is 12.8 Å². The summed E-state index contributed by atoms with van der Waals surface area (Å²) in [4.78, 5) is 19.4. The van der Waals surface area contributed by atoms with Crippen molar-refractivity contribution in [1.82, 2.24) is 20.5 Å². The third kappa shape index (κ3) is 3.43. The zero-order valence-electron chi connectivity index (χ0n) is 14.4. The lowest BCUT2D eigenvalue weighted by atomic mass is 9.98. The Balaban J connectivity index is 1.61. The van der Waals surface area contributed by atoms with Crippen LogP contribution in [-0.4, -0.2) is 48.5 Å². The standard InChI is InChI=1S/C20H24N4O/c25-20(17-4-3-15-5-8-21-9-6-16(15)12-17)24-11-10-23-14-19(24)18-2-1-7-22-13-18/h1-4,7,12-13,19,21,23H,5-6,8-11,14H2/t19-/m1/s1. The maximum Gasteiger partial charge on any atom is 0.254 e. The summed E-state index contributed by atoms with van der Waals surface area (Å²) in [5, 5.41) is 6.82. The maximum absolute atomic E-state index is 13.2. The summed E-state index contributed by atoms with van der Waals surface area (Å²) in [5.41, 5.74) is 4.56. The molecule has 1 fully saturated rings. The van der Waals surface area contributed by atoms with E-state index in [1.165, 1.54) is 11.1 Å². The molecule has 0 aliphatic carbocycles. The van der Waals surface area contributed by atoms with Crippen molar-refractivity contribution in [3.63, 3.8) is 0 Å². The fraction of sp³-hybridized carbons (Fsp3) is 0.400. The molecule has 2 N–H and O–H groups in total. The van der Waals surface area contributed by atoms with E-state index >= 15 is 0 Å². The van der Waals surface area contributed by atoms with Crippen LogP contribution in [0, 0.1) is 0 Å². The van der Waals surface area contributed by atoms with Gasteiger partial charge in [-0.05, 0) is 60.8 Å². The lowest BCUT2D eigenvalue weighted by Gasteiger charge is -2.36. The summed E-state index contributed by atoms with van der Waals surface area (Å²) in [6, 6.07) is 10.3. The number of hydrogen-bond donors (Lipinski definition) is 2. The van der Waals surface area contributed by atoms with Crippen LogP contribution in [0.15, 0.2) is 42.7 Å². The first-order valence-electron chi connectivity index (χ1n) is 9.07. The molecule has 0 unspecified atom stereocenters. The summed E-state index contributed by atoms with van der Waals surface area (Å²) < 4.78 is 0. The minimum absolute atomic E-state index is 0.0374. The van der Waals surface area contributed by atoms with Gasteiger partial charge in [-0.15, -0.1) is 0 Å². The minimum Gasteiger partial charge on any atom is -0.329 e. The predicted octanol–water partition coefficient (Wildman–Crippen LogP) is 1.56. The van der Waals surface area contributed by atoms with Gasteiger partial charge in [0.05, 0.1) is 6.04 Å². The van der Waals surface area contributed by atoms with Crippen LogP contribution in [0.3, 0.4) is 0 Å². The molecule has 2 aromatic rings. The molecule has 1 aromatic carbocycles. The van der Waals surface area contributed by atoms with Gasteiger partial charge in [-0.1, -0.05) is 12.1 Å². The van der Waals surface area contributed by atoms with Crippen LogP contribution in [0.25, 0.3) is 0 Å². The lowest BCUT2D eigenvalue weighted by molar-refractivity contribution is 0.0634. The Morgan fingerprint density at radius 1 is 1.08 bits per heavy atom. The monoisotopic (exact) mass is 336 g/mol. The normalized spacial score (nSPS) is 20.6. The Labute approximate surface area is 148 Å². The van der Waals surface area contributed by atoms with Gasteiger partial charge in [0.1, 0.15) is 0 Å². The average Bonchev–Trinajstić information content (AvgIpc) is 2.93. The highest BCUT2D eigenvalue weighted by Crippen LogP contribution is 2.25. The van der Waals surface area contributed by atoms with Crippen LogP contribution in [0.2, 0.25) is 0 Å². The van der Waals surface area contributed by atoms with Crippen molar-refractivity contribution >= 4 is 5.91 Å². The molecule has 1 aromatic heterocycles. The Morgan fingerprint density at radius 2 is 1.96 bits per heavy atom. The average molecular weight is 336 g/mol. The molecule has 0 bridgehead atoms. The van der Waals surface area contributed by atoms with E-state index in [9.17, 15) is 4.79 Å². The largest absolute Gasteiger partial charge is 0.329 e. The number of pyridine rings is 1.